The number of nitrogens with zero attached hydrogens (tertiary/aromatic N) is 3. The van der Waals surface area contributed by atoms with Gasteiger partial charge in [0.1, 0.15) is 11.9 Å². The molecule has 0 radical (unpaired) electrons. The molecular formula is C20H28N4O3. The van der Waals surface area contributed by atoms with Crippen LogP contribution in [0.2, 0.25) is 0 Å². The van der Waals surface area contributed by atoms with E-state index in [2.05, 4.69) is 15.2 Å². The van der Waals surface area contributed by atoms with Gasteiger partial charge in [-0.25, -0.2) is 4.98 Å². The van der Waals surface area contributed by atoms with E-state index < -0.39 is 6.04 Å². The molecule has 146 valence electrons. The van der Waals surface area contributed by atoms with Crippen molar-refractivity contribution in [3.63, 3.8) is 0 Å². The van der Waals surface area contributed by atoms with Gasteiger partial charge >= 0.3 is 0 Å². The summed E-state index contributed by atoms with van der Waals surface area (Å²) in [5.74, 6) is 0.602. The van der Waals surface area contributed by atoms with E-state index in [-0.39, 0.29) is 11.8 Å². The van der Waals surface area contributed by atoms with Crippen LogP contribution in [0.4, 0.5) is 5.82 Å². The Hall–Kier alpha value is -2.15. The zero-order valence-corrected chi connectivity index (χ0v) is 15.9. The average Bonchev–Trinajstić information content (AvgIpc) is 3.47. The van der Waals surface area contributed by atoms with Gasteiger partial charge in [-0.3, -0.25) is 9.59 Å². The minimum absolute atomic E-state index is 0.0109. The zero-order valence-electron chi connectivity index (χ0n) is 15.9. The number of nitrogens with one attached hydrogen (secondary N) is 1. The molecule has 7 nitrogen and oxygen atoms in total. The molecule has 1 aromatic rings. The first kappa shape index (κ1) is 18.2. The third-order valence-corrected chi connectivity index (χ3v) is 6.16. The molecule has 3 fully saturated rings. The van der Waals surface area contributed by atoms with Crippen molar-refractivity contribution < 1.29 is 14.3 Å². The van der Waals surface area contributed by atoms with Gasteiger partial charge < -0.3 is 19.9 Å². The van der Waals surface area contributed by atoms with Crippen molar-refractivity contribution >= 4 is 17.6 Å². The van der Waals surface area contributed by atoms with E-state index in [1.165, 1.54) is 12.8 Å². The topological polar surface area (TPSA) is 74.8 Å². The molecule has 0 bridgehead atoms. The summed E-state index contributed by atoms with van der Waals surface area (Å²) in [7, 11) is 0. The maximum absolute atomic E-state index is 12.6. The predicted molar refractivity (Wildman–Crippen MR) is 102 cm³/mol. The lowest BCUT2D eigenvalue weighted by atomic mass is 9.93. The second kappa shape index (κ2) is 7.46. The molecule has 1 saturated carbocycles. The monoisotopic (exact) mass is 372 g/mol. The van der Waals surface area contributed by atoms with Gasteiger partial charge in [0.2, 0.25) is 5.91 Å². The second-order valence-corrected chi connectivity index (χ2v) is 8.02. The highest BCUT2D eigenvalue weighted by atomic mass is 16.5. The highest BCUT2D eigenvalue weighted by molar-refractivity contribution is 5.97. The zero-order chi connectivity index (χ0) is 18.9. The van der Waals surface area contributed by atoms with E-state index in [9.17, 15) is 9.59 Å². The fourth-order valence-corrected chi connectivity index (χ4v) is 3.99. The van der Waals surface area contributed by atoms with Gasteiger partial charge in [0.25, 0.3) is 5.91 Å². The van der Waals surface area contributed by atoms with E-state index in [1.807, 2.05) is 11.0 Å². The van der Waals surface area contributed by atoms with E-state index in [1.54, 1.807) is 19.2 Å². The van der Waals surface area contributed by atoms with Crippen molar-refractivity contribution in [3.8, 4) is 0 Å². The number of carbonyl (C=O) groups is 2. The number of amides is 2. The first-order valence-corrected chi connectivity index (χ1v) is 9.95. The summed E-state index contributed by atoms with van der Waals surface area (Å²) in [5, 5.41) is 2.82. The maximum Gasteiger partial charge on any atom is 0.253 e. The number of hydrogen-bond acceptors (Lipinski definition) is 5. The lowest BCUT2D eigenvalue weighted by Gasteiger charge is -2.33. The van der Waals surface area contributed by atoms with Crippen LogP contribution in [0.1, 0.15) is 43.0 Å². The second-order valence-electron chi connectivity index (χ2n) is 8.02. The number of hydrogen-bond donors (Lipinski definition) is 1. The van der Waals surface area contributed by atoms with Crippen molar-refractivity contribution in [2.45, 2.75) is 38.6 Å². The largest absolute Gasteiger partial charge is 0.378 e. The van der Waals surface area contributed by atoms with Crippen LogP contribution in [0, 0.1) is 5.41 Å². The Morgan fingerprint density at radius 3 is 2.41 bits per heavy atom. The molecular weight excluding hydrogens is 344 g/mol. The van der Waals surface area contributed by atoms with Crippen LogP contribution >= 0.6 is 0 Å². The highest BCUT2D eigenvalue weighted by Crippen LogP contribution is 2.53. The molecule has 1 spiro atoms. The summed E-state index contributed by atoms with van der Waals surface area (Å²) in [6.07, 6.45) is 6.41. The van der Waals surface area contributed by atoms with Gasteiger partial charge in [-0.2, -0.15) is 0 Å². The third kappa shape index (κ3) is 4.08. The van der Waals surface area contributed by atoms with Crippen LogP contribution in [0.3, 0.4) is 0 Å². The first-order valence-electron chi connectivity index (χ1n) is 9.95. The Kier molecular flexibility index (Phi) is 5.04. The number of piperidine rings is 1. The molecule has 2 saturated heterocycles. The van der Waals surface area contributed by atoms with Crippen LogP contribution in [0.15, 0.2) is 18.3 Å². The van der Waals surface area contributed by atoms with Crippen molar-refractivity contribution in [3.05, 3.63) is 23.9 Å². The van der Waals surface area contributed by atoms with Crippen LogP contribution < -0.4 is 10.2 Å². The van der Waals surface area contributed by atoms with Crippen molar-refractivity contribution in [1.29, 1.82) is 0 Å². The molecule has 1 unspecified atom stereocenters. The van der Waals surface area contributed by atoms with Crippen LogP contribution in [0.5, 0.6) is 0 Å². The lowest BCUT2D eigenvalue weighted by molar-refractivity contribution is -0.134. The fourth-order valence-electron chi connectivity index (χ4n) is 3.99. The number of rotatable bonds is 4. The minimum Gasteiger partial charge on any atom is -0.378 e. The summed E-state index contributed by atoms with van der Waals surface area (Å²) in [6.45, 7) is 6.39. The quantitative estimate of drug-likeness (QED) is 0.866. The normalized spacial score (nSPS) is 22.4. The SMILES string of the molecule is CC(NC(=O)c1ccc(N2CCOCC2)nc1)C(=O)N1CCC2(CC1)CC2. The number of aromatic nitrogens is 1. The molecule has 4 rings (SSSR count). The number of ether oxygens (including phenoxy) is 1. The lowest BCUT2D eigenvalue weighted by Crippen LogP contribution is -2.49. The standard InChI is InChI=1S/C20H28N4O3/c1-15(19(26)24-8-6-20(4-5-20)7-9-24)22-18(25)16-2-3-17(21-14-16)23-10-12-27-13-11-23/h2-3,14-15H,4-13H2,1H3,(H,22,25). The molecule has 2 amide bonds. The van der Waals surface area contributed by atoms with Gasteiger partial charge in [-0.05, 0) is 50.2 Å². The molecule has 3 heterocycles. The summed E-state index contributed by atoms with van der Waals surface area (Å²) >= 11 is 0. The van der Waals surface area contributed by atoms with Gasteiger partial charge in [0.15, 0.2) is 0 Å². The predicted octanol–water partition coefficient (Wildman–Crippen LogP) is 1.44. The summed E-state index contributed by atoms with van der Waals surface area (Å²) in [6, 6.07) is 3.10. The molecule has 1 aliphatic carbocycles. The van der Waals surface area contributed by atoms with Crippen molar-refractivity contribution in [2.75, 3.05) is 44.3 Å². The number of pyridine rings is 1. The van der Waals surface area contributed by atoms with Crippen LogP contribution in [-0.2, 0) is 9.53 Å². The number of carbonyl (C=O) groups excluding carboxylic acids is 2. The summed E-state index contributed by atoms with van der Waals surface area (Å²) in [4.78, 5) is 33.6. The Morgan fingerprint density at radius 2 is 1.81 bits per heavy atom. The molecule has 3 aliphatic rings. The Morgan fingerprint density at radius 1 is 1.11 bits per heavy atom. The number of anilines is 1. The molecule has 2 aliphatic heterocycles. The average molecular weight is 372 g/mol. The summed E-state index contributed by atoms with van der Waals surface area (Å²) in [5.41, 5.74) is 1.01. The number of morpholine rings is 1. The Bertz CT molecular complexity index is 686. The van der Waals surface area contributed by atoms with Crippen LogP contribution in [0.25, 0.3) is 0 Å². The Labute approximate surface area is 160 Å². The van der Waals surface area contributed by atoms with E-state index in [0.717, 1.165) is 44.8 Å². The minimum atomic E-state index is -0.523. The maximum atomic E-state index is 12.6. The molecule has 0 aromatic carbocycles. The van der Waals surface area contributed by atoms with Gasteiger partial charge in [-0.1, -0.05) is 0 Å². The first-order chi connectivity index (χ1) is 13.1. The molecule has 27 heavy (non-hydrogen) atoms. The van der Waals surface area contributed by atoms with E-state index in [4.69, 9.17) is 4.74 Å². The van der Waals surface area contributed by atoms with Gasteiger partial charge in [0.05, 0.1) is 18.8 Å². The molecule has 1 atom stereocenters. The van der Waals surface area contributed by atoms with Crippen molar-refractivity contribution in [2.24, 2.45) is 5.41 Å². The molecule has 1 aromatic heterocycles. The Balaban J connectivity index is 1.30. The van der Waals surface area contributed by atoms with Crippen molar-refractivity contribution in [1.82, 2.24) is 15.2 Å². The van der Waals surface area contributed by atoms with Crippen LogP contribution in [-0.4, -0.2) is 67.1 Å². The summed E-state index contributed by atoms with van der Waals surface area (Å²) < 4.78 is 5.34. The molecule has 1 N–H and O–H groups in total. The smallest absolute Gasteiger partial charge is 0.253 e. The third-order valence-electron chi connectivity index (χ3n) is 6.16. The van der Waals surface area contributed by atoms with Gasteiger partial charge in [0, 0.05) is 32.4 Å². The number of likely N-dealkylation sites (tertiary alicyclic amines) is 1. The molecule has 7 heteroatoms. The van der Waals surface area contributed by atoms with E-state index in [0.29, 0.717) is 24.2 Å². The highest BCUT2D eigenvalue weighted by Gasteiger charge is 2.45. The van der Waals surface area contributed by atoms with Gasteiger partial charge in [-0.15, -0.1) is 0 Å². The fraction of sp³-hybridized carbons (Fsp3) is 0.650. The van der Waals surface area contributed by atoms with E-state index >= 15 is 0 Å².